The van der Waals surface area contributed by atoms with Gasteiger partial charge in [0, 0.05) is 28.8 Å². The second-order valence-corrected chi connectivity index (χ2v) is 6.36. The first-order chi connectivity index (χ1) is 11.2. The number of amides is 1. The molecule has 4 nitrogen and oxygen atoms in total. The van der Waals surface area contributed by atoms with Crippen LogP contribution in [0.25, 0.3) is 11.3 Å². The summed E-state index contributed by atoms with van der Waals surface area (Å²) in [6.07, 6.45) is 4.55. The highest BCUT2D eigenvalue weighted by atomic mass is 16.1. The molecule has 0 unspecified atom stereocenters. The van der Waals surface area contributed by atoms with Crippen LogP contribution in [0.3, 0.4) is 0 Å². The first kappa shape index (κ1) is 15.8. The summed E-state index contributed by atoms with van der Waals surface area (Å²) in [6, 6.07) is 10.5. The Morgan fingerprint density at radius 3 is 2.74 bits per heavy atom. The number of carbonyl (C=O) groups excluding carboxylic acids is 1. The maximum Gasteiger partial charge on any atom is 0.223 e. The van der Waals surface area contributed by atoms with E-state index in [9.17, 15) is 4.79 Å². The van der Waals surface area contributed by atoms with Crippen LogP contribution in [-0.4, -0.2) is 22.1 Å². The van der Waals surface area contributed by atoms with Crippen molar-refractivity contribution in [2.24, 2.45) is 5.92 Å². The number of hydrogen-bond acceptors (Lipinski definition) is 2. The summed E-state index contributed by atoms with van der Waals surface area (Å²) in [6.45, 7) is 4.24. The van der Waals surface area contributed by atoms with E-state index >= 15 is 0 Å². The summed E-state index contributed by atoms with van der Waals surface area (Å²) in [4.78, 5) is 12.6. The van der Waals surface area contributed by atoms with Crippen LogP contribution in [0.1, 0.15) is 44.4 Å². The SMILES string of the molecule is CCC(CC)NC(=O)[C@H]1CCc2[nH]nc(-c3ccccc3)c2C1. The molecule has 1 aromatic heterocycles. The molecule has 2 N–H and O–H groups in total. The summed E-state index contributed by atoms with van der Waals surface area (Å²) in [5.74, 6) is 0.257. The molecule has 1 heterocycles. The molecular formula is C19H25N3O. The summed E-state index contributed by atoms with van der Waals surface area (Å²) in [5, 5.41) is 10.9. The molecule has 0 saturated heterocycles. The van der Waals surface area contributed by atoms with Gasteiger partial charge in [0.2, 0.25) is 5.91 Å². The van der Waals surface area contributed by atoms with Gasteiger partial charge in [0.25, 0.3) is 0 Å². The molecule has 0 radical (unpaired) electrons. The molecule has 0 spiro atoms. The van der Waals surface area contributed by atoms with Gasteiger partial charge in [-0.25, -0.2) is 0 Å². The van der Waals surface area contributed by atoms with E-state index in [-0.39, 0.29) is 11.8 Å². The van der Waals surface area contributed by atoms with Crippen molar-refractivity contribution in [3.8, 4) is 11.3 Å². The van der Waals surface area contributed by atoms with Crippen LogP contribution in [-0.2, 0) is 17.6 Å². The Morgan fingerprint density at radius 1 is 1.30 bits per heavy atom. The number of aromatic amines is 1. The van der Waals surface area contributed by atoms with Crippen LogP contribution < -0.4 is 5.32 Å². The molecule has 0 saturated carbocycles. The monoisotopic (exact) mass is 311 g/mol. The Kier molecular flexibility index (Phi) is 4.79. The highest BCUT2D eigenvalue weighted by Gasteiger charge is 2.29. The number of benzene rings is 1. The molecule has 0 aliphatic heterocycles. The standard InChI is InChI=1S/C19H25N3O/c1-3-15(4-2)20-19(23)14-10-11-17-16(12-14)18(22-21-17)13-8-6-5-7-9-13/h5-9,14-15H,3-4,10-12H2,1-2H3,(H,20,23)(H,21,22)/t14-/m0/s1. The molecule has 1 aliphatic rings. The average Bonchev–Trinajstić information content (AvgIpc) is 3.03. The van der Waals surface area contributed by atoms with Crippen LogP contribution in [0.15, 0.2) is 30.3 Å². The molecule has 1 atom stereocenters. The molecule has 0 bridgehead atoms. The van der Waals surface area contributed by atoms with Gasteiger partial charge in [-0.15, -0.1) is 0 Å². The Morgan fingerprint density at radius 2 is 2.04 bits per heavy atom. The van der Waals surface area contributed by atoms with E-state index in [1.165, 1.54) is 11.3 Å². The quantitative estimate of drug-likeness (QED) is 0.888. The van der Waals surface area contributed by atoms with Crippen molar-refractivity contribution in [3.63, 3.8) is 0 Å². The highest BCUT2D eigenvalue weighted by Crippen LogP contribution is 2.32. The van der Waals surface area contributed by atoms with Gasteiger partial charge in [0.05, 0.1) is 5.69 Å². The lowest BCUT2D eigenvalue weighted by molar-refractivity contribution is -0.126. The summed E-state index contributed by atoms with van der Waals surface area (Å²) in [5.41, 5.74) is 4.52. The third kappa shape index (κ3) is 3.31. The predicted octanol–water partition coefficient (Wildman–Crippen LogP) is 3.49. The van der Waals surface area contributed by atoms with Crippen molar-refractivity contribution in [2.75, 3.05) is 0 Å². The van der Waals surface area contributed by atoms with Gasteiger partial charge in [-0.05, 0) is 32.1 Å². The fraction of sp³-hybridized carbons (Fsp3) is 0.474. The van der Waals surface area contributed by atoms with Gasteiger partial charge in [0.1, 0.15) is 0 Å². The summed E-state index contributed by atoms with van der Waals surface area (Å²) >= 11 is 0. The molecule has 1 aliphatic carbocycles. The van der Waals surface area contributed by atoms with Crippen molar-refractivity contribution < 1.29 is 4.79 Å². The first-order valence-corrected chi connectivity index (χ1v) is 8.64. The van der Waals surface area contributed by atoms with Crippen LogP contribution in [0, 0.1) is 5.92 Å². The van der Waals surface area contributed by atoms with Crippen LogP contribution >= 0.6 is 0 Å². The third-order valence-corrected chi connectivity index (χ3v) is 4.90. The average molecular weight is 311 g/mol. The Labute approximate surface area is 137 Å². The highest BCUT2D eigenvalue weighted by molar-refractivity contribution is 5.80. The number of nitrogens with zero attached hydrogens (tertiary/aromatic N) is 1. The number of fused-ring (bicyclic) bond motifs is 1. The van der Waals surface area contributed by atoms with Crippen LogP contribution in [0.5, 0.6) is 0 Å². The molecule has 1 amide bonds. The minimum atomic E-state index is 0.0585. The predicted molar refractivity (Wildman–Crippen MR) is 92.1 cm³/mol. The zero-order valence-electron chi connectivity index (χ0n) is 13.9. The molecule has 3 rings (SSSR count). The molecule has 1 aromatic carbocycles. The number of carbonyl (C=O) groups is 1. The van der Waals surface area contributed by atoms with Crippen molar-refractivity contribution in [2.45, 2.75) is 52.0 Å². The second-order valence-electron chi connectivity index (χ2n) is 6.36. The Bertz CT molecular complexity index is 659. The van der Waals surface area contributed by atoms with Crippen LogP contribution in [0.4, 0.5) is 0 Å². The second kappa shape index (κ2) is 6.99. The van der Waals surface area contributed by atoms with Crippen molar-refractivity contribution in [3.05, 3.63) is 41.6 Å². The van der Waals surface area contributed by atoms with Crippen molar-refractivity contribution in [1.29, 1.82) is 0 Å². The van der Waals surface area contributed by atoms with Crippen molar-refractivity contribution in [1.82, 2.24) is 15.5 Å². The largest absolute Gasteiger partial charge is 0.353 e. The Balaban J connectivity index is 1.78. The number of aryl methyl sites for hydroxylation is 1. The maximum atomic E-state index is 12.6. The maximum absolute atomic E-state index is 12.6. The van der Waals surface area contributed by atoms with E-state index < -0.39 is 0 Å². The smallest absolute Gasteiger partial charge is 0.223 e. The first-order valence-electron chi connectivity index (χ1n) is 8.64. The van der Waals surface area contributed by atoms with E-state index in [4.69, 9.17) is 0 Å². The fourth-order valence-electron chi connectivity index (χ4n) is 3.37. The van der Waals surface area contributed by atoms with Gasteiger partial charge >= 0.3 is 0 Å². The summed E-state index contributed by atoms with van der Waals surface area (Å²) < 4.78 is 0. The number of aromatic nitrogens is 2. The molecular weight excluding hydrogens is 286 g/mol. The van der Waals surface area contributed by atoms with Gasteiger partial charge in [-0.2, -0.15) is 5.10 Å². The van der Waals surface area contributed by atoms with E-state index in [2.05, 4.69) is 41.5 Å². The van der Waals surface area contributed by atoms with E-state index in [1.54, 1.807) is 0 Å². The number of H-pyrrole nitrogens is 1. The fourth-order valence-corrected chi connectivity index (χ4v) is 3.37. The van der Waals surface area contributed by atoms with E-state index in [0.29, 0.717) is 6.04 Å². The van der Waals surface area contributed by atoms with Gasteiger partial charge in [0.15, 0.2) is 0 Å². The minimum Gasteiger partial charge on any atom is -0.353 e. The van der Waals surface area contributed by atoms with Gasteiger partial charge in [-0.1, -0.05) is 44.2 Å². The molecule has 23 heavy (non-hydrogen) atoms. The lowest BCUT2D eigenvalue weighted by Gasteiger charge is -2.24. The number of hydrogen-bond donors (Lipinski definition) is 2. The van der Waals surface area contributed by atoms with Gasteiger partial charge < -0.3 is 5.32 Å². The van der Waals surface area contributed by atoms with Crippen molar-refractivity contribution >= 4 is 5.91 Å². The molecule has 122 valence electrons. The number of rotatable bonds is 5. The van der Waals surface area contributed by atoms with Gasteiger partial charge in [-0.3, -0.25) is 9.89 Å². The lowest BCUT2D eigenvalue weighted by atomic mass is 9.84. The zero-order chi connectivity index (χ0) is 16.2. The molecule has 2 aromatic rings. The zero-order valence-corrected chi connectivity index (χ0v) is 13.9. The summed E-state index contributed by atoms with van der Waals surface area (Å²) in [7, 11) is 0. The molecule has 4 heteroatoms. The molecule has 0 fully saturated rings. The van der Waals surface area contributed by atoms with E-state index in [0.717, 1.165) is 43.4 Å². The van der Waals surface area contributed by atoms with Crippen LogP contribution in [0.2, 0.25) is 0 Å². The number of nitrogens with one attached hydrogen (secondary N) is 2. The minimum absolute atomic E-state index is 0.0585. The third-order valence-electron chi connectivity index (χ3n) is 4.90. The normalized spacial score (nSPS) is 17.1. The topological polar surface area (TPSA) is 57.8 Å². The Hall–Kier alpha value is -2.10. The van der Waals surface area contributed by atoms with E-state index in [1.807, 2.05) is 18.2 Å². The lowest BCUT2D eigenvalue weighted by Crippen LogP contribution is -2.40.